The summed E-state index contributed by atoms with van der Waals surface area (Å²) >= 11 is 0. The van der Waals surface area contributed by atoms with Crippen LogP contribution in [0.4, 0.5) is 0 Å². The van der Waals surface area contributed by atoms with Gasteiger partial charge in [-0.15, -0.1) is 0 Å². The van der Waals surface area contributed by atoms with Crippen LogP contribution in [0.2, 0.25) is 0 Å². The molecule has 0 aromatic carbocycles. The lowest BCUT2D eigenvalue weighted by Crippen LogP contribution is -2.68. The molecule has 2 saturated carbocycles. The van der Waals surface area contributed by atoms with Crippen molar-refractivity contribution in [3.05, 3.63) is 0 Å². The van der Waals surface area contributed by atoms with Crippen molar-refractivity contribution in [2.24, 2.45) is 34.4 Å². The summed E-state index contributed by atoms with van der Waals surface area (Å²) in [6, 6.07) is -5.64. The summed E-state index contributed by atoms with van der Waals surface area (Å²) in [6.07, 6.45) is -18.5. The van der Waals surface area contributed by atoms with Gasteiger partial charge in [-0.05, 0) is 12.8 Å². The molecule has 264 valence electrons. The molecule has 2 aliphatic heterocycles. The van der Waals surface area contributed by atoms with Gasteiger partial charge in [0, 0.05) is 24.2 Å². The number of ether oxygens (including phenoxy) is 6. The molecule has 0 aromatic rings. The van der Waals surface area contributed by atoms with E-state index in [4.69, 9.17) is 62.8 Å². The molecule has 0 bridgehead atoms. The van der Waals surface area contributed by atoms with Crippen LogP contribution in [0.1, 0.15) is 12.8 Å². The summed E-state index contributed by atoms with van der Waals surface area (Å²) in [5.41, 5.74) is 36.4. The van der Waals surface area contributed by atoms with E-state index in [1.807, 2.05) is 0 Å². The van der Waals surface area contributed by atoms with Crippen molar-refractivity contribution in [1.29, 1.82) is 0 Å². The highest BCUT2D eigenvalue weighted by molar-refractivity contribution is 5.01. The fraction of sp³-hybridized carbons (Fsp3) is 1.00. The van der Waals surface area contributed by atoms with Crippen LogP contribution in [-0.4, -0.2) is 183 Å². The van der Waals surface area contributed by atoms with Crippen molar-refractivity contribution in [2.75, 3.05) is 20.0 Å². The molecule has 20 heteroatoms. The lowest BCUT2D eigenvalue weighted by Gasteiger charge is -2.47. The Morgan fingerprint density at radius 2 is 0.844 bits per heavy atom. The smallest absolute Gasteiger partial charge is 0.176 e. The van der Waals surface area contributed by atoms with Crippen molar-refractivity contribution in [2.45, 2.75) is 135 Å². The minimum absolute atomic E-state index is 0.123. The second kappa shape index (κ2) is 15.6. The minimum atomic E-state index is -1.49. The van der Waals surface area contributed by atoms with E-state index in [0.717, 1.165) is 0 Å². The summed E-state index contributed by atoms with van der Waals surface area (Å²) in [7, 11) is 0. The Labute approximate surface area is 259 Å². The average Bonchev–Trinajstić information content (AvgIpc) is 3.00. The van der Waals surface area contributed by atoms with E-state index in [0.29, 0.717) is 0 Å². The Bertz CT molecular complexity index is 865. The first-order valence-corrected chi connectivity index (χ1v) is 14.9. The SMILES string of the molecule is NC1CC(N)C(OC2OC(CO)C(O)C(OCOC3C(N)C(OC4C(N)CC(N)C(O)C4O)OC(CO)C3O)C2N)C(O)C1O. The van der Waals surface area contributed by atoms with Crippen LogP contribution in [0.25, 0.3) is 0 Å². The molecule has 0 spiro atoms. The van der Waals surface area contributed by atoms with Gasteiger partial charge in [-0.3, -0.25) is 0 Å². The molecule has 2 aliphatic carbocycles. The molecule has 20 nitrogen and oxygen atoms in total. The normalized spacial score (nSPS) is 52.9. The molecule has 4 rings (SSSR count). The Morgan fingerprint density at radius 1 is 0.489 bits per heavy atom. The predicted octanol–water partition coefficient (Wildman–Crippen LogP) is -9.14. The van der Waals surface area contributed by atoms with E-state index in [2.05, 4.69) is 0 Å². The van der Waals surface area contributed by atoms with Crippen LogP contribution < -0.4 is 34.4 Å². The standard InChI is InChI=1S/C25H50N6O14/c26-6-1-8(28)20(18(38)14(6)34)44-24-12(30)22(16(36)10(3-32)42-24)40-5-41-23-13(31)25(43-11(4-33)17(23)37)45-21-9(29)2-7(27)15(35)19(21)39/h6-25,32-39H,1-5,26-31H2. The van der Waals surface area contributed by atoms with Crippen molar-refractivity contribution >= 4 is 0 Å². The van der Waals surface area contributed by atoms with E-state index in [1.165, 1.54) is 0 Å². The minimum Gasteiger partial charge on any atom is -0.394 e. The molecular formula is C25H50N6O14. The monoisotopic (exact) mass is 658 g/mol. The average molecular weight is 659 g/mol. The van der Waals surface area contributed by atoms with Gasteiger partial charge in [0.2, 0.25) is 0 Å². The highest BCUT2D eigenvalue weighted by atomic mass is 16.7. The van der Waals surface area contributed by atoms with Gasteiger partial charge in [-0.1, -0.05) is 0 Å². The molecule has 20 unspecified atom stereocenters. The molecule has 45 heavy (non-hydrogen) atoms. The maximum Gasteiger partial charge on any atom is 0.176 e. The van der Waals surface area contributed by atoms with E-state index in [1.54, 1.807) is 0 Å². The van der Waals surface area contributed by atoms with Crippen molar-refractivity contribution in [3.8, 4) is 0 Å². The number of aliphatic hydroxyl groups excluding tert-OH is 8. The van der Waals surface area contributed by atoms with Gasteiger partial charge in [0.1, 0.15) is 67.8 Å². The number of rotatable bonds is 10. The molecule has 2 heterocycles. The first-order valence-electron chi connectivity index (χ1n) is 14.9. The first-order chi connectivity index (χ1) is 21.2. The fourth-order valence-corrected chi connectivity index (χ4v) is 6.29. The summed E-state index contributed by atoms with van der Waals surface area (Å²) in [6.45, 7) is -1.98. The zero-order valence-corrected chi connectivity index (χ0v) is 24.6. The molecule has 0 amide bonds. The van der Waals surface area contributed by atoms with Crippen molar-refractivity contribution < 1.29 is 69.3 Å². The van der Waals surface area contributed by atoms with Crippen LogP contribution in [0, 0.1) is 0 Å². The van der Waals surface area contributed by atoms with Gasteiger partial charge in [-0.25, -0.2) is 0 Å². The fourth-order valence-electron chi connectivity index (χ4n) is 6.29. The van der Waals surface area contributed by atoms with Gasteiger partial charge in [0.15, 0.2) is 12.6 Å². The van der Waals surface area contributed by atoms with Crippen LogP contribution in [0.15, 0.2) is 0 Å². The van der Waals surface area contributed by atoms with Crippen LogP contribution in [0.3, 0.4) is 0 Å². The molecular weight excluding hydrogens is 608 g/mol. The van der Waals surface area contributed by atoms with Crippen molar-refractivity contribution in [1.82, 2.24) is 0 Å². The lowest BCUT2D eigenvalue weighted by molar-refractivity contribution is -0.320. The van der Waals surface area contributed by atoms with Gasteiger partial charge in [0.25, 0.3) is 0 Å². The molecule has 20 atom stereocenters. The van der Waals surface area contributed by atoms with Crippen LogP contribution in [0.5, 0.6) is 0 Å². The summed E-state index contributed by atoms with van der Waals surface area (Å²) < 4.78 is 34.3. The summed E-state index contributed by atoms with van der Waals surface area (Å²) in [5, 5.41) is 82.6. The Kier molecular flexibility index (Phi) is 12.8. The van der Waals surface area contributed by atoms with E-state index < -0.39 is 142 Å². The second-order valence-corrected chi connectivity index (χ2v) is 12.3. The van der Waals surface area contributed by atoms with Crippen molar-refractivity contribution in [3.63, 3.8) is 0 Å². The quantitative estimate of drug-likeness (QED) is 0.0968. The maximum absolute atomic E-state index is 10.8. The number of hydrogen-bond donors (Lipinski definition) is 14. The Balaban J connectivity index is 1.41. The number of nitrogens with two attached hydrogens (primary N) is 6. The highest BCUT2D eigenvalue weighted by Crippen LogP contribution is 2.31. The van der Waals surface area contributed by atoms with E-state index >= 15 is 0 Å². The Hall–Kier alpha value is -0.800. The van der Waals surface area contributed by atoms with E-state index in [9.17, 15) is 40.9 Å². The third-order valence-corrected chi connectivity index (χ3v) is 9.09. The summed E-state index contributed by atoms with van der Waals surface area (Å²) in [5.74, 6) is 0. The summed E-state index contributed by atoms with van der Waals surface area (Å²) in [4.78, 5) is 0. The molecule has 0 radical (unpaired) electrons. The third-order valence-electron chi connectivity index (χ3n) is 9.09. The maximum atomic E-state index is 10.8. The first kappa shape index (κ1) is 37.0. The van der Waals surface area contributed by atoms with Gasteiger partial charge < -0.3 is 104 Å². The zero-order valence-electron chi connectivity index (χ0n) is 24.6. The number of aliphatic hydroxyl groups is 8. The molecule has 0 aromatic heterocycles. The van der Waals surface area contributed by atoms with Crippen LogP contribution in [-0.2, 0) is 28.4 Å². The van der Waals surface area contributed by atoms with Gasteiger partial charge in [0.05, 0.1) is 37.5 Å². The molecule has 20 N–H and O–H groups in total. The highest BCUT2D eigenvalue weighted by Gasteiger charge is 2.51. The molecule has 4 aliphatic rings. The topological polar surface area (TPSA) is 373 Å². The zero-order chi connectivity index (χ0) is 33.3. The van der Waals surface area contributed by atoms with E-state index in [-0.39, 0.29) is 12.8 Å². The molecule has 4 fully saturated rings. The third kappa shape index (κ3) is 7.76. The second-order valence-electron chi connectivity index (χ2n) is 12.3. The molecule has 2 saturated heterocycles. The lowest BCUT2D eigenvalue weighted by atomic mass is 9.84. The Morgan fingerprint density at radius 3 is 1.18 bits per heavy atom. The van der Waals surface area contributed by atoms with Gasteiger partial charge >= 0.3 is 0 Å². The van der Waals surface area contributed by atoms with Crippen LogP contribution >= 0.6 is 0 Å². The largest absolute Gasteiger partial charge is 0.394 e. The predicted molar refractivity (Wildman–Crippen MR) is 149 cm³/mol. The number of hydrogen-bond acceptors (Lipinski definition) is 20. The van der Waals surface area contributed by atoms with Gasteiger partial charge in [-0.2, -0.15) is 0 Å².